The van der Waals surface area contributed by atoms with E-state index in [4.69, 9.17) is 0 Å². The lowest BCUT2D eigenvalue weighted by molar-refractivity contribution is 0.135. The van der Waals surface area contributed by atoms with E-state index in [1.54, 1.807) is 0 Å². The maximum absolute atomic E-state index is 11.9. The second-order valence-electron chi connectivity index (χ2n) is 8.47. The molecule has 4 heteroatoms. The second kappa shape index (κ2) is 9.27. The molecule has 0 radical (unpaired) electrons. The number of benzene rings is 3. The van der Waals surface area contributed by atoms with Gasteiger partial charge in [0.1, 0.15) is 5.60 Å². The molecule has 0 heterocycles. The van der Waals surface area contributed by atoms with E-state index >= 15 is 0 Å². The fourth-order valence-electron chi connectivity index (χ4n) is 3.49. The smallest absolute Gasteiger partial charge is 0.134 e. The summed E-state index contributed by atoms with van der Waals surface area (Å²) < 4.78 is 0. The minimum atomic E-state index is -1.24. The predicted octanol–water partition coefficient (Wildman–Crippen LogP) is 4.83. The zero-order valence-corrected chi connectivity index (χ0v) is 19.4. The molecular weight excluding hydrogens is 382 g/mol. The van der Waals surface area contributed by atoms with Gasteiger partial charge in [-0.05, 0) is 59.2 Å². The van der Waals surface area contributed by atoms with E-state index in [2.05, 4.69) is 39.0 Å². The largest absolute Gasteiger partial charge is 0.378 e. The summed E-state index contributed by atoms with van der Waals surface area (Å²) in [6.07, 6.45) is 3.87. The maximum Gasteiger partial charge on any atom is 0.134 e. The van der Waals surface area contributed by atoms with Gasteiger partial charge >= 0.3 is 0 Å². The van der Waals surface area contributed by atoms with Crippen LogP contribution in [0.15, 0.2) is 78.9 Å². The summed E-state index contributed by atoms with van der Waals surface area (Å²) in [6, 6.07) is 24.4. The molecule has 3 rings (SSSR count). The third-order valence-electron chi connectivity index (χ3n) is 5.57. The molecule has 0 bridgehead atoms. The average Bonchev–Trinajstić information content (AvgIpc) is 2.77. The van der Waals surface area contributed by atoms with Crippen molar-refractivity contribution in [1.82, 2.24) is 0 Å². The summed E-state index contributed by atoms with van der Waals surface area (Å²) >= 11 is 0. The number of anilines is 3. The Bertz CT molecular complexity index is 950. The van der Waals surface area contributed by atoms with Crippen LogP contribution in [0, 0.1) is 0 Å². The van der Waals surface area contributed by atoms with Crippen molar-refractivity contribution in [1.29, 1.82) is 0 Å². The monoisotopic (exact) mass is 415 g/mol. The predicted molar refractivity (Wildman–Crippen MR) is 134 cm³/mol. The van der Waals surface area contributed by atoms with Gasteiger partial charge in [0.25, 0.3) is 0 Å². The minimum Gasteiger partial charge on any atom is -0.378 e. The molecule has 4 nitrogen and oxygen atoms in total. The first-order valence-corrected chi connectivity index (χ1v) is 10.5. The third kappa shape index (κ3) is 5.09. The lowest BCUT2D eigenvalue weighted by atomic mass is 9.85. The van der Waals surface area contributed by atoms with E-state index in [1.165, 1.54) is 0 Å². The van der Waals surface area contributed by atoms with Crippen LogP contribution in [0.4, 0.5) is 17.1 Å². The molecular formula is C27H33N3O. The minimum absolute atomic E-state index is 0.830. The van der Waals surface area contributed by atoms with Crippen molar-refractivity contribution in [2.75, 3.05) is 57.0 Å². The molecule has 0 saturated carbocycles. The molecule has 0 atom stereocenters. The molecule has 162 valence electrons. The topological polar surface area (TPSA) is 30.0 Å². The Morgan fingerprint density at radius 3 is 1.19 bits per heavy atom. The molecule has 0 aliphatic heterocycles. The van der Waals surface area contributed by atoms with E-state index in [0.29, 0.717) is 0 Å². The first-order valence-electron chi connectivity index (χ1n) is 10.5. The maximum atomic E-state index is 11.9. The molecule has 0 aliphatic carbocycles. The van der Waals surface area contributed by atoms with Crippen molar-refractivity contribution in [3.8, 4) is 0 Å². The molecule has 3 aromatic rings. The van der Waals surface area contributed by atoms with Crippen molar-refractivity contribution in [2.24, 2.45) is 0 Å². The van der Waals surface area contributed by atoms with Gasteiger partial charge in [0.05, 0.1) is 0 Å². The fraction of sp³-hybridized carbons (Fsp3) is 0.259. The van der Waals surface area contributed by atoms with Crippen LogP contribution >= 0.6 is 0 Å². The van der Waals surface area contributed by atoms with E-state index in [1.807, 2.05) is 103 Å². The first kappa shape index (κ1) is 22.4. The SMILES string of the molecule is CN(C)c1ccc(/C=C/C(O)(c2ccc(N(C)C)cc2)c2ccc(N(C)C)cc2)cc1. The summed E-state index contributed by atoms with van der Waals surface area (Å²) in [5, 5.41) is 11.9. The number of hydrogen-bond acceptors (Lipinski definition) is 4. The van der Waals surface area contributed by atoms with E-state index in [9.17, 15) is 5.11 Å². The normalized spacial score (nSPS) is 11.6. The van der Waals surface area contributed by atoms with Crippen molar-refractivity contribution < 1.29 is 5.11 Å². The number of hydrogen-bond donors (Lipinski definition) is 1. The zero-order valence-electron chi connectivity index (χ0n) is 19.4. The second-order valence-corrected chi connectivity index (χ2v) is 8.47. The van der Waals surface area contributed by atoms with Gasteiger partial charge in [-0.3, -0.25) is 0 Å². The van der Waals surface area contributed by atoms with Crippen molar-refractivity contribution in [3.63, 3.8) is 0 Å². The lowest BCUT2D eigenvalue weighted by Gasteiger charge is -2.27. The van der Waals surface area contributed by atoms with Gasteiger partial charge in [-0.1, -0.05) is 42.5 Å². The highest BCUT2D eigenvalue weighted by molar-refractivity contribution is 5.60. The Kier molecular flexibility index (Phi) is 6.71. The molecule has 0 aliphatic rings. The van der Waals surface area contributed by atoms with Gasteiger partial charge in [-0.2, -0.15) is 0 Å². The average molecular weight is 416 g/mol. The van der Waals surface area contributed by atoms with Crippen molar-refractivity contribution in [2.45, 2.75) is 5.60 Å². The van der Waals surface area contributed by atoms with Crippen LogP contribution in [-0.2, 0) is 5.60 Å². The Balaban J connectivity index is 2.02. The zero-order chi connectivity index (χ0) is 22.6. The number of rotatable bonds is 7. The van der Waals surface area contributed by atoms with Crippen LogP contribution in [0.2, 0.25) is 0 Å². The van der Waals surface area contributed by atoms with Crippen LogP contribution in [-0.4, -0.2) is 47.4 Å². The van der Waals surface area contributed by atoms with Crippen molar-refractivity contribution >= 4 is 23.1 Å². The summed E-state index contributed by atoms with van der Waals surface area (Å²) in [4.78, 5) is 6.18. The Morgan fingerprint density at radius 1 is 0.548 bits per heavy atom. The van der Waals surface area contributed by atoms with Gasteiger partial charge in [-0.25, -0.2) is 0 Å². The van der Waals surface area contributed by atoms with E-state index in [0.717, 1.165) is 33.8 Å². The molecule has 1 N–H and O–H groups in total. The Morgan fingerprint density at radius 2 is 0.871 bits per heavy atom. The summed E-state index contributed by atoms with van der Waals surface area (Å²) in [5.41, 5.74) is 4.80. The van der Waals surface area contributed by atoms with Crippen molar-refractivity contribution in [3.05, 3.63) is 95.6 Å². The Labute approximate surface area is 186 Å². The van der Waals surface area contributed by atoms with Crippen LogP contribution < -0.4 is 14.7 Å². The summed E-state index contributed by atoms with van der Waals surface area (Å²) in [6.45, 7) is 0. The number of aliphatic hydroxyl groups is 1. The van der Waals surface area contributed by atoms with Crippen LogP contribution in [0.5, 0.6) is 0 Å². The molecule has 0 aromatic heterocycles. The highest BCUT2D eigenvalue weighted by Crippen LogP contribution is 2.34. The van der Waals surface area contributed by atoms with Gasteiger partial charge in [0.2, 0.25) is 0 Å². The molecule has 31 heavy (non-hydrogen) atoms. The van der Waals surface area contributed by atoms with Gasteiger partial charge < -0.3 is 19.8 Å². The lowest BCUT2D eigenvalue weighted by Crippen LogP contribution is -2.25. The highest BCUT2D eigenvalue weighted by Gasteiger charge is 2.28. The standard InChI is InChI=1S/C27H33N3O/c1-28(2)24-13-7-21(8-14-24)19-20-27(31,22-9-15-25(16-10-22)29(3)4)23-11-17-26(18-12-23)30(5)6/h7-20,31H,1-6H3/b20-19+. The highest BCUT2D eigenvalue weighted by atomic mass is 16.3. The van der Waals surface area contributed by atoms with Crippen LogP contribution in [0.3, 0.4) is 0 Å². The molecule has 0 spiro atoms. The summed E-state index contributed by atoms with van der Waals surface area (Å²) in [7, 11) is 12.1. The van der Waals surface area contributed by atoms with E-state index < -0.39 is 5.60 Å². The quantitative estimate of drug-likeness (QED) is 0.598. The molecule has 0 fully saturated rings. The van der Waals surface area contributed by atoms with Crippen LogP contribution in [0.25, 0.3) is 6.08 Å². The van der Waals surface area contributed by atoms with Gasteiger partial charge in [0.15, 0.2) is 0 Å². The first-order chi connectivity index (χ1) is 14.7. The Hall–Kier alpha value is -3.24. The van der Waals surface area contributed by atoms with Crippen LogP contribution in [0.1, 0.15) is 16.7 Å². The van der Waals surface area contributed by atoms with Gasteiger partial charge in [-0.15, -0.1) is 0 Å². The van der Waals surface area contributed by atoms with E-state index in [-0.39, 0.29) is 0 Å². The van der Waals surface area contributed by atoms with Gasteiger partial charge in [0, 0.05) is 59.3 Å². The molecule has 0 unspecified atom stereocenters. The fourth-order valence-corrected chi connectivity index (χ4v) is 3.49. The molecule has 3 aromatic carbocycles. The number of nitrogens with zero attached hydrogens (tertiary/aromatic N) is 3. The molecule has 0 amide bonds. The third-order valence-corrected chi connectivity index (χ3v) is 5.57. The molecule has 0 saturated heterocycles. The summed E-state index contributed by atoms with van der Waals surface area (Å²) in [5.74, 6) is 0.